The molecular formula is C11H16N2O5. The van der Waals surface area contributed by atoms with Gasteiger partial charge in [-0.2, -0.15) is 0 Å². The van der Waals surface area contributed by atoms with Crippen LogP contribution in [0.3, 0.4) is 0 Å². The van der Waals surface area contributed by atoms with Gasteiger partial charge >= 0.3 is 5.97 Å². The fraction of sp³-hybridized carbons (Fsp3) is 0.727. The SMILES string of the molecule is COC(=O)CN1CCN2C(=O)[C@@](C)(O)C[C@H]2C1=O. The lowest BCUT2D eigenvalue weighted by atomic mass is 10.0. The molecule has 2 rings (SSSR count). The number of methoxy groups -OCH3 is 1. The quantitative estimate of drug-likeness (QED) is 0.598. The molecule has 2 amide bonds. The van der Waals surface area contributed by atoms with E-state index in [1.165, 1.54) is 23.8 Å². The Hall–Kier alpha value is -1.63. The number of amides is 2. The van der Waals surface area contributed by atoms with Gasteiger partial charge in [-0.1, -0.05) is 0 Å². The largest absolute Gasteiger partial charge is 0.468 e. The van der Waals surface area contributed by atoms with Gasteiger partial charge in [-0.15, -0.1) is 0 Å². The fourth-order valence-corrected chi connectivity index (χ4v) is 2.43. The maximum Gasteiger partial charge on any atom is 0.325 e. The number of ether oxygens (including phenoxy) is 1. The van der Waals surface area contributed by atoms with Gasteiger partial charge in [0.1, 0.15) is 18.2 Å². The van der Waals surface area contributed by atoms with Gasteiger partial charge < -0.3 is 19.6 Å². The van der Waals surface area contributed by atoms with Gasteiger partial charge in [-0.3, -0.25) is 14.4 Å². The summed E-state index contributed by atoms with van der Waals surface area (Å²) in [5, 5.41) is 9.87. The van der Waals surface area contributed by atoms with Crippen molar-refractivity contribution in [2.75, 3.05) is 26.7 Å². The van der Waals surface area contributed by atoms with Gasteiger partial charge in [0.15, 0.2) is 0 Å². The van der Waals surface area contributed by atoms with Crippen LogP contribution in [0.5, 0.6) is 0 Å². The normalized spacial score (nSPS) is 31.6. The lowest BCUT2D eigenvalue weighted by molar-refractivity contribution is -0.154. The van der Waals surface area contributed by atoms with Gasteiger partial charge in [-0.25, -0.2) is 0 Å². The molecule has 2 aliphatic rings. The summed E-state index contributed by atoms with van der Waals surface area (Å²) in [7, 11) is 1.26. The molecule has 2 fully saturated rings. The van der Waals surface area contributed by atoms with Crippen LogP contribution in [0.4, 0.5) is 0 Å². The van der Waals surface area contributed by atoms with Crippen LogP contribution < -0.4 is 0 Å². The highest BCUT2D eigenvalue weighted by atomic mass is 16.5. The molecule has 7 heteroatoms. The lowest BCUT2D eigenvalue weighted by Gasteiger charge is -2.35. The fourth-order valence-electron chi connectivity index (χ4n) is 2.43. The van der Waals surface area contributed by atoms with Crippen LogP contribution in [0.15, 0.2) is 0 Å². The van der Waals surface area contributed by atoms with Crippen molar-refractivity contribution >= 4 is 17.8 Å². The van der Waals surface area contributed by atoms with Crippen molar-refractivity contribution in [2.45, 2.75) is 25.0 Å². The van der Waals surface area contributed by atoms with E-state index in [0.717, 1.165) is 0 Å². The number of piperazine rings is 1. The molecule has 0 aromatic carbocycles. The average molecular weight is 256 g/mol. The second kappa shape index (κ2) is 4.24. The molecule has 0 radical (unpaired) electrons. The van der Waals surface area contributed by atoms with Crippen LogP contribution in [0, 0.1) is 0 Å². The Bertz CT molecular complexity index is 406. The summed E-state index contributed by atoms with van der Waals surface area (Å²) in [5.74, 6) is -1.22. The smallest absolute Gasteiger partial charge is 0.325 e. The molecule has 18 heavy (non-hydrogen) atoms. The van der Waals surface area contributed by atoms with E-state index in [0.29, 0.717) is 6.54 Å². The zero-order chi connectivity index (χ0) is 13.5. The molecule has 0 bridgehead atoms. The molecule has 0 saturated carbocycles. The molecule has 0 unspecified atom stereocenters. The molecule has 0 aliphatic carbocycles. The van der Waals surface area contributed by atoms with Crippen molar-refractivity contribution in [1.29, 1.82) is 0 Å². The van der Waals surface area contributed by atoms with Crippen molar-refractivity contribution in [3.8, 4) is 0 Å². The molecule has 0 aromatic rings. The molecule has 100 valence electrons. The second-order valence-electron chi connectivity index (χ2n) is 4.83. The zero-order valence-corrected chi connectivity index (χ0v) is 10.4. The number of hydrogen-bond acceptors (Lipinski definition) is 5. The number of hydrogen-bond donors (Lipinski definition) is 1. The van der Waals surface area contributed by atoms with Crippen molar-refractivity contribution in [2.24, 2.45) is 0 Å². The molecule has 2 aliphatic heterocycles. The minimum Gasteiger partial charge on any atom is -0.468 e. The molecule has 1 N–H and O–H groups in total. The molecule has 2 saturated heterocycles. The third-order valence-electron chi connectivity index (χ3n) is 3.44. The van der Waals surface area contributed by atoms with Crippen LogP contribution >= 0.6 is 0 Å². The predicted molar refractivity (Wildman–Crippen MR) is 59.3 cm³/mol. The topological polar surface area (TPSA) is 87.2 Å². The first-order valence-electron chi connectivity index (χ1n) is 5.76. The number of rotatable bonds is 2. The summed E-state index contributed by atoms with van der Waals surface area (Å²) >= 11 is 0. The first kappa shape index (κ1) is 12.8. The summed E-state index contributed by atoms with van der Waals surface area (Å²) in [4.78, 5) is 37.8. The van der Waals surface area contributed by atoms with Gasteiger partial charge in [-0.05, 0) is 6.92 Å². The van der Waals surface area contributed by atoms with Crippen LogP contribution in [0.2, 0.25) is 0 Å². The van der Waals surface area contributed by atoms with E-state index in [2.05, 4.69) is 4.74 Å². The Morgan fingerprint density at radius 2 is 2.17 bits per heavy atom. The molecule has 0 aromatic heterocycles. The highest BCUT2D eigenvalue weighted by Crippen LogP contribution is 2.31. The summed E-state index contributed by atoms with van der Waals surface area (Å²) in [5.41, 5.74) is -1.48. The van der Waals surface area contributed by atoms with E-state index in [9.17, 15) is 19.5 Å². The molecule has 2 heterocycles. The highest BCUT2D eigenvalue weighted by Gasteiger charge is 2.52. The first-order chi connectivity index (χ1) is 8.36. The molecular weight excluding hydrogens is 240 g/mol. The van der Waals surface area contributed by atoms with Gasteiger partial charge in [0.25, 0.3) is 5.91 Å². The van der Waals surface area contributed by atoms with Crippen LogP contribution in [0.1, 0.15) is 13.3 Å². The van der Waals surface area contributed by atoms with E-state index in [1.807, 2.05) is 0 Å². The van der Waals surface area contributed by atoms with Crippen molar-refractivity contribution in [3.05, 3.63) is 0 Å². The van der Waals surface area contributed by atoms with E-state index >= 15 is 0 Å². The number of esters is 1. The molecule has 0 spiro atoms. The monoisotopic (exact) mass is 256 g/mol. The number of aliphatic hydroxyl groups is 1. The predicted octanol–water partition coefficient (Wildman–Crippen LogP) is -1.65. The second-order valence-corrected chi connectivity index (χ2v) is 4.83. The van der Waals surface area contributed by atoms with E-state index < -0.39 is 23.5 Å². The third-order valence-corrected chi connectivity index (χ3v) is 3.44. The van der Waals surface area contributed by atoms with Crippen LogP contribution in [-0.2, 0) is 19.1 Å². The van der Waals surface area contributed by atoms with Crippen LogP contribution in [0.25, 0.3) is 0 Å². The van der Waals surface area contributed by atoms with Crippen molar-refractivity contribution < 1.29 is 24.2 Å². The average Bonchev–Trinajstić information content (AvgIpc) is 2.55. The Morgan fingerprint density at radius 1 is 1.50 bits per heavy atom. The maximum atomic E-state index is 12.1. The third kappa shape index (κ3) is 1.94. The van der Waals surface area contributed by atoms with E-state index in [-0.39, 0.29) is 25.4 Å². The van der Waals surface area contributed by atoms with Crippen molar-refractivity contribution in [1.82, 2.24) is 9.80 Å². The Balaban J connectivity index is 2.11. The summed E-state index contributed by atoms with van der Waals surface area (Å²) in [6.45, 7) is 1.91. The molecule has 7 nitrogen and oxygen atoms in total. The summed E-state index contributed by atoms with van der Waals surface area (Å²) in [6.07, 6.45) is 0.0718. The minimum absolute atomic E-state index is 0.0718. The van der Waals surface area contributed by atoms with Gasteiger partial charge in [0, 0.05) is 19.5 Å². The first-order valence-corrected chi connectivity index (χ1v) is 5.76. The Morgan fingerprint density at radius 3 is 2.78 bits per heavy atom. The van der Waals surface area contributed by atoms with Gasteiger partial charge in [0.2, 0.25) is 5.91 Å². The number of carbonyl (C=O) groups is 3. The van der Waals surface area contributed by atoms with Gasteiger partial charge in [0.05, 0.1) is 7.11 Å². The minimum atomic E-state index is -1.48. The van der Waals surface area contributed by atoms with E-state index in [1.54, 1.807) is 0 Å². The number of fused-ring (bicyclic) bond motifs is 1. The lowest BCUT2D eigenvalue weighted by Crippen LogP contribution is -2.56. The zero-order valence-electron chi connectivity index (χ0n) is 10.4. The Kier molecular flexibility index (Phi) is 3.02. The standard InChI is InChI=1S/C11H16N2O5/c1-11(17)5-7-9(15)12(6-8(14)18-2)3-4-13(7)10(11)16/h7,17H,3-6H2,1-2H3/t7-,11-/m0/s1. The summed E-state index contributed by atoms with van der Waals surface area (Å²) in [6, 6.07) is -0.661. The number of nitrogens with zero attached hydrogens (tertiary/aromatic N) is 2. The van der Waals surface area contributed by atoms with Crippen molar-refractivity contribution in [3.63, 3.8) is 0 Å². The highest BCUT2D eigenvalue weighted by molar-refractivity contribution is 5.97. The maximum absolute atomic E-state index is 12.1. The Labute approximate surface area is 104 Å². The van der Waals surface area contributed by atoms with E-state index in [4.69, 9.17) is 0 Å². The molecule has 2 atom stereocenters. The number of carbonyl (C=O) groups excluding carboxylic acids is 3. The van der Waals surface area contributed by atoms with Crippen LogP contribution in [-0.4, -0.2) is 71.1 Å². The summed E-state index contributed by atoms with van der Waals surface area (Å²) < 4.78 is 4.51.